The number of fused-ring (bicyclic) bond motifs is 6. The maximum Gasteiger partial charge on any atom is 0.0562 e. The standard InChI is InChI=1S/C60H41N3/c1-4-19-42(20-5-1)43-35-37-46(38-36-43)61(47-39-40-51-50-27-12-16-31-55(50)63(59(51)41-47)54-30-15-11-26-49(54)45-23-8-3-9-24-45)57-33-18-34-58-60(57)52-28-13-17-32-56(52)62(58)53-29-14-10-25-48(53)44-21-6-2-7-22-44/h1-41H. The van der Waals surface area contributed by atoms with Crippen LogP contribution in [0.4, 0.5) is 17.1 Å². The Balaban J connectivity index is 1.13. The quantitative estimate of drug-likeness (QED) is 0.149. The van der Waals surface area contributed by atoms with Crippen LogP contribution < -0.4 is 4.90 Å². The highest BCUT2D eigenvalue weighted by atomic mass is 15.2. The molecule has 63 heavy (non-hydrogen) atoms. The second-order valence-corrected chi connectivity index (χ2v) is 16.1. The van der Waals surface area contributed by atoms with E-state index in [1.165, 1.54) is 60.4 Å². The second-order valence-electron chi connectivity index (χ2n) is 16.1. The second kappa shape index (κ2) is 15.3. The molecular formula is C60H41N3. The van der Waals surface area contributed by atoms with E-state index in [1.54, 1.807) is 0 Å². The zero-order valence-corrected chi connectivity index (χ0v) is 34.5. The maximum absolute atomic E-state index is 2.46. The summed E-state index contributed by atoms with van der Waals surface area (Å²) in [7, 11) is 0. The lowest BCUT2D eigenvalue weighted by atomic mass is 10.0. The summed E-state index contributed by atoms with van der Waals surface area (Å²) in [5, 5.41) is 4.83. The summed E-state index contributed by atoms with van der Waals surface area (Å²) < 4.78 is 4.91. The SMILES string of the molecule is c1ccc(-c2ccc(N(c3ccc4c5ccccc5n(-c5ccccc5-c5ccccc5)c4c3)c3cccc4c3c3ccccc3n4-c3ccccc3-c3ccccc3)cc2)cc1. The number of rotatable bonds is 8. The minimum atomic E-state index is 1.07. The summed E-state index contributed by atoms with van der Waals surface area (Å²) in [6, 6.07) is 90.2. The van der Waals surface area contributed by atoms with Gasteiger partial charge in [-0.3, -0.25) is 0 Å². The Labute approximate surface area is 366 Å². The number of nitrogens with zero attached hydrogens (tertiary/aromatic N) is 3. The van der Waals surface area contributed by atoms with Crippen LogP contribution in [0, 0.1) is 0 Å². The molecule has 0 spiro atoms. The molecule has 0 N–H and O–H groups in total. The van der Waals surface area contributed by atoms with Crippen molar-refractivity contribution in [2.75, 3.05) is 4.90 Å². The first-order valence-electron chi connectivity index (χ1n) is 21.6. The van der Waals surface area contributed by atoms with Gasteiger partial charge >= 0.3 is 0 Å². The lowest BCUT2D eigenvalue weighted by Crippen LogP contribution is -2.10. The van der Waals surface area contributed by atoms with Crippen LogP contribution in [0.5, 0.6) is 0 Å². The molecule has 0 fully saturated rings. The predicted octanol–water partition coefficient (Wildman–Crippen LogP) is 16.4. The Kier molecular flexibility index (Phi) is 8.83. The van der Waals surface area contributed by atoms with Crippen molar-refractivity contribution in [1.29, 1.82) is 0 Å². The van der Waals surface area contributed by atoms with Crippen molar-refractivity contribution in [2.45, 2.75) is 0 Å². The Morgan fingerprint density at radius 2 is 0.714 bits per heavy atom. The molecule has 0 saturated heterocycles. The van der Waals surface area contributed by atoms with Gasteiger partial charge in [-0.1, -0.05) is 188 Å². The molecule has 3 nitrogen and oxygen atoms in total. The van der Waals surface area contributed by atoms with Gasteiger partial charge in [0.25, 0.3) is 0 Å². The van der Waals surface area contributed by atoms with Crippen LogP contribution >= 0.6 is 0 Å². The Bertz CT molecular complexity index is 3600. The van der Waals surface area contributed by atoms with E-state index in [2.05, 4.69) is 263 Å². The van der Waals surface area contributed by atoms with E-state index in [0.29, 0.717) is 0 Å². The third kappa shape index (κ3) is 6.13. The van der Waals surface area contributed by atoms with Gasteiger partial charge in [-0.15, -0.1) is 0 Å². The lowest BCUT2D eigenvalue weighted by molar-refractivity contribution is 1.18. The molecule has 0 aliphatic rings. The number of benzene rings is 10. The van der Waals surface area contributed by atoms with Crippen LogP contribution in [0.25, 0.3) is 88.4 Å². The topological polar surface area (TPSA) is 13.1 Å². The summed E-state index contributed by atoms with van der Waals surface area (Å²) in [5.74, 6) is 0. The fourth-order valence-electron chi connectivity index (χ4n) is 9.73. The van der Waals surface area contributed by atoms with Crippen LogP contribution in [0.1, 0.15) is 0 Å². The molecule has 0 bridgehead atoms. The van der Waals surface area contributed by atoms with Crippen molar-refractivity contribution >= 4 is 60.7 Å². The third-order valence-corrected chi connectivity index (χ3v) is 12.5. The van der Waals surface area contributed by atoms with Crippen LogP contribution in [0.15, 0.2) is 249 Å². The number of hydrogen-bond acceptors (Lipinski definition) is 1. The lowest BCUT2D eigenvalue weighted by Gasteiger charge is -2.27. The number of para-hydroxylation sites is 4. The molecule has 0 atom stereocenters. The molecule has 0 unspecified atom stereocenters. The minimum absolute atomic E-state index is 1.07. The fraction of sp³-hybridized carbons (Fsp3) is 0. The van der Waals surface area contributed by atoms with Gasteiger partial charge in [-0.2, -0.15) is 0 Å². The van der Waals surface area contributed by atoms with E-state index in [-0.39, 0.29) is 0 Å². The summed E-state index contributed by atoms with van der Waals surface area (Å²) in [6.07, 6.45) is 0. The van der Waals surface area contributed by atoms with Crippen molar-refractivity contribution < 1.29 is 0 Å². The number of hydrogen-bond donors (Lipinski definition) is 0. The first-order chi connectivity index (χ1) is 31.3. The van der Waals surface area contributed by atoms with Gasteiger partial charge in [0, 0.05) is 44.0 Å². The average molecular weight is 804 g/mol. The molecule has 12 aromatic rings. The van der Waals surface area contributed by atoms with E-state index >= 15 is 0 Å². The summed E-state index contributed by atoms with van der Waals surface area (Å²) in [4.78, 5) is 2.46. The van der Waals surface area contributed by atoms with E-state index in [1.807, 2.05) is 0 Å². The zero-order valence-electron chi connectivity index (χ0n) is 34.5. The highest BCUT2D eigenvalue weighted by Crippen LogP contribution is 2.47. The van der Waals surface area contributed by atoms with Gasteiger partial charge in [0.15, 0.2) is 0 Å². The van der Waals surface area contributed by atoms with Crippen molar-refractivity contribution in [2.24, 2.45) is 0 Å². The normalized spacial score (nSPS) is 11.5. The van der Waals surface area contributed by atoms with E-state index < -0.39 is 0 Å². The van der Waals surface area contributed by atoms with Gasteiger partial charge in [-0.05, 0) is 82.9 Å². The summed E-state index contributed by atoms with van der Waals surface area (Å²) in [6.45, 7) is 0. The maximum atomic E-state index is 2.46. The van der Waals surface area contributed by atoms with E-state index in [0.717, 1.165) is 45.0 Å². The molecule has 12 rings (SSSR count). The van der Waals surface area contributed by atoms with Crippen LogP contribution in [-0.2, 0) is 0 Å². The smallest absolute Gasteiger partial charge is 0.0562 e. The molecule has 2 aromatic heterocycles. The first kappa shape index (κ1) is 36.5. The molecule has 0 saturated carbocycles. The monoisotopic (exact) mass is 803 g/mol. The van der Waals surface area contributed by atoms with Crippen LogP contribution in [0.3, 0.4) is 0 Å². The molecule has 3 heteroatoms. The average Bonchev–Trinajstić information content (AvgIpc) is 3.88. The molecule has 296 valence electrons. The van der Waals surface area contributed by atoms with Crippen molar-refractivity contribution in [3.05, 3.63) is 249 Å². The van der Waals surface area contributed by atoms with Crippen molar-refractivity contribution in [3.8, 4) is 44.8 Å². The Morgan fingerprint density at radius 1 is 0.270 bits per heavy atom. The molecule has 0 radical (unpaired) electrons. The Hall–Kier alpha value is -8.40. The van der Waals surface area contributed by atoms with Gasteiger partial charge in [0.1, 0.15) is 0 Å². The van der Waals surface area contributed by atoms with Crippen molar-refractivity contribution in [1.82, 2.24) is 9.13 Å². The highest BCUT2D eigenvalue weighted by Gasteiger charge is 2.24. The number of anilines is 3. The van der Waals surface area contributed by atoms with Crippen LogP contribution in [-0.4, -0.2) is 9.13 Å². The van der Waals surface area contributed by atoms with Gasteiger partial charge < -0.3 is 14.0 Å². The van der Waals surface area contributed by atoms with E-state index in [9.17, 15) is 0 Å². The van der Waals surface area contributed by atoms with Gasteiger partial charge in [0.05, 0.1) is 39.1 Å². The first-order valence-corrected chi connectivity index (χ1v) is 21.6. The van der Waals surface area contributed by atoms with E-state index in [4.69, 9.17) is 0 Å². The predicted molar refractivity (Wildman–Crippen MR) is 266 cm³/mol. The molecule has 2 heterocycles. The van der Waals surface area contributed by atoms with Crippen molar-refractivity contribution in [3.63, 3.8) is 0 Å². The molecule has 10 aromatic carbocycles. The highest BCUT2D eigenvalue weighted by molar-refractivity contribution is 6.17. The minimum Gasteiger partial charge on any atom is -0.310 e. The van der Waals surface area contributed by atoms with Crippen LogP contribution in [0.2, 0.25) is 0 Å². The fourth-order valence-corrected chi connectivity index (χ4v) is 9.73. The third-order valence-electron chi connectivity index (χ3n) is 12.5. The molecular weight excluding hydrogens is 763 g/mol. The summed E-state index contributed by atoms with van der Waals surface area (Å²) in [5.41, 5.74) is 17.3. The molecule has 0 amide bonds. The number of aromatic nitrogens is 2. The summed E-state index contributed by atoms with van der Waals surface area (Å²) >= 11 is 0. The zero-order chi connectivity index (χ0) is 41.7. The largest absolute Gasteiger partial charge is 0.310 e. The molecule has 0 aliphatic heterocycles. The molecule has 0 aliphatic carbocycles. The van der Waals surface area contributed by atoms with Gasteiger partial charge in [0.2, 0.25) is 0 Å². The van der Waals surface area contributed by atoms with Gasteiger partial charge in [-0.25, -0.2) is 0 Å². The Morgan fingerprint density at radius 3 is 1.35 bits per heavy atom.